The van der Waals surface area contributed by atoms with Crippen molar-refractivity contribution in [1.29, 1.82) is 0 Å². The van der Waals surface area contributed by atoms with Crippen LogP contribution < -0.4 is 5.32 Å². The summed E-state index contributed by atoms with van der Waals surface area (Å²) in [6.07, 6.45) is 1.95. The molecule has 0 aliphatic carbocycles. The van der Waals surface area contributed by atoms with Crippen LogP contribution in [0.5, 0.6) is 0 Å². The van der Waals surface area contributed by atoms with Crippen LogP contribution in [0.3, 0.4) is 0 Å². The van der Waals surface area contributed by atoms with E-state index < -0.39 is 0 Å². The quantitative estimate of drug-likeness (QED) is 0.948. The molecule has 0 aliphatic heterocycles. The van der Waals surface area contributed by atoms with Gasteiger partial charge in [-0.2, -0.15) is 0 Å². The number of nitrogens with one attached hydrogen (secondary N) is 1. The zero-order valence-electron chi connectivity index (χ0n) is 10.8. The van der Waals surface area contributed by atoms with Gasteiger partial charge >= 0.3 is 0 Å². The molecule has 2 rings (SSSR count). The minimum atomic E-state index is 0.0847. The number of nitrogens with zero attached hydrogens (tertiary/aromatic N) is 3. The summed E-state index contributed by atoms with van der Waals surface area (Å²) in [6.45, 7) is 7.12. The Bertz CT molecular complexity index is 511. The fourth-order valence-electron chi connectivity index (χ4n) is 1.46. The molecular weight excluding hydrogens is 292 g/mol. The molecule has 1 aromatic carbocycles. The SMILES string of the molecule is CC(C)(C)NCc1cn(-c2ccc(Br)cc2)nn1. The van der Waals surface area contributed by atoms with E-state index in [2.05, 4.69) is 52.3 Å². The maximum absolute atomic E-state index is 4.16. The first kappa shape index (κ1) is 13.2. The molecule has 96 valence electrons. The van der Waals surface area contributed by atoms with E-state index in [0.717, 1.165) is 22.4 Å². The van der Waals surface area contributed by atoms with E-state index >= 15 is 0 Å². The third kappa shape index (κ3) is 3.65. The molecule has 0 saturated heterocycles. The Labute approximate surface area is 116 Å². The molecule has 1 heterocycles. The summed E-state index contributed by atoms with van der Waals surface area (Å²) in [4.78, 5) is 0. The smallest absolute Gasteiger partial charge is 0.0969 e. The molecule has 18 heavy (non-hydrogen) atoms. The van der Waals surface area contributed by atoms with Gasteiger partial charge in [-0.1, -0.05) is 21.1 Å². The van der Waals surface area contributed by atoms with Crippen LogP contribution in [0, 0.1) is 0 Å². The maximum Gasteiger partial charge on any atom is 0.0969 e. The molecule has 0 saturated carbocycles. The van der Waals surface area contributed by atoms with Crippen molar-refractivity contribution < 1.29 is 0 Å². The zero-order valence-corrected chi connectivity index (χ0v) is 12.4. The van der Waals surface area contributed by atoms with Crippen molar-refractivity contribution >= 4 is 15.9 Å². The minimum absolute atomic E-state index is 0.0847. The van der Waals surface area contributed by atoms with E-state index in [-0.39, 0.29) is 5.54 Å². The first-order chi connectivity index (χ1) is 8.44. The van der Waals surface area contributed by atoms with Gasteiger partial charge in [-0.05, 0) is 45.0 Å². The monoisotopic (exact) mass is 308 g/mol. The summed E-state index contributed by atoms with van der Waals surface area (Å²) < 4.78 is 2.84. The predicted octanol–water partition coefficient (Wildman–Crippen LogP) is 2.92. The maximum atomic E-state index is 4.16. The average Bonchev–Trinajstić information content (AvgIpc) is 2.75. The Hall–Kier alpha value is -1.20. The highest BCUT2D eigenvalue weighted by Gasteiger charge is 2.10. The standard InChI is InChI=1S/C13H17BrN4/c1-13(2,3)15-8-11-9-18(17-16-11)12-6-4-10(14)5-7-12/h4-7,9,15H,8H2,1-3H3. The van der Waals surface area contributed by atoms with Crippen LogP contribution in [-0.4, -0.2) is 20.5 Å². The highest BCUT2D eigenvalue weighted by molar-refractivity contribution is 9.10. The summed E-state index contributed by atoms with van der Waals surface area (Å²) in [6, 6.07) is 7.98. The molecule has 0 atom stereocenters. The van der Waals surface area contributed by atoms with E-state index in [4.69, 9.17) is 0 Å². The summed E-state index contributed by atoms with van der Waals surface area (Å²) >= 11 is 3.41. The summed E-state index contributed by atoms with van der Waals surface area (Å²) in [7, 11) is 0. The van der Waals surface area contributed by atoms with Gasteiger partial charge < -0.3 is 5.32 Å². The second kappa shape index (κ2) is 5.20. The van der Waals surface area contributed by atoms with Crippen LogP contribution in [0.1, 0.15) is 26.5 Å². The van der Waals surface area contributed by atoms with Gasteiger partial charge in [0.05, 0.1) is 17.6 Å². The van der Waals surface area contributed by atoms with E-state index in [0.29, 0.717) is 0 Å². The highest BCUT2D eigenvalue weighted by atomic mass is 79.9. The predicted molar refractivity (Wildman–Crippen MR) is 75.7 cm³/mol. The first-order valence-electron chi connectivity index (χ1n) is 5.86. The van der Waals surface area contributed by atoms with Gasteiger partial charge in [-0.25, -0.2) is 4.68 Å². The molecule has 5 heteroatoms. The third-order valence-corrected chi connectivity index (χ3v) is 2.96. The normalized spacial score (nSPS) is 11.8. The molecule has 0 spiro atoms. The lowest BCUT2D eigenvalue weighted by atomic mass is 10.1. The Kier molecular flexibility index (Phi) is 3.82. The van der Waals surface area contributed by atoms with Gasteiger partial charge in [0, 0.05) is 16.6 Å². The Morgan fingerprint density at radius 3 is 2.50 bits per heavy atom. The van der Waals surface area contributed by atoms with Crippen LogP contribution in [0.2, 0.25) is 0 Å². The Balaban J connectivity index is 2.08. The molecule has 1 aromatic heterocycles. The third-order valence-electron chi connectivity index (χ3n) is 2.43. The number of hydrogen-bond donors (Lipinski definition) is 1. The second-order valence-corrected chi connectivity index (χ2v) is 6.15. The molecule has 0 radical (unpaired) electrons. The average molecular weight is 309 g/mol. The Morgan fingerprint density at radius 2 is 1.89 bits per heavy atom. The topological polar surface area (TPSA) is 42.7 Å². The lowest BCUT2D eigenvalue weighted by Gasteiger charge is -2.19. The molecule has 2 aromatic rings. The molecule has 0 aliphatic rings. The fourth-order valence-corrected chi connectivity index (χ4v) is 1.72. The van der Waals surface area contributed by atoms with Gasteiger partial charge in [0.25, 0.3) is 0 Å². The molecule has 0 bridgehead atoms. The van der Waals surface area contributed by atoms with Crippen LogP contribution >= 0.6 is 15.9 Å². The molecule has 0 fully saturated rings. The van der Waals surface area contributed by atoms with Crippen molar-refractivity contribution in [3.8, 4) is 5.69 Å². The van der Waals surface area contributed by atoms with Gasteiger partial charge in [-0.3, -0.25) is 0 Å². The summed E-state index contributed by atoms with van der Waals surface area (Å²) in [5.41, 5.74) is 2.03. The molecule has 1 N–H and O–H groups in total. The number of hydrogen-bond acceptors (Lipinski definition) is 3. The summed E-state index contributed by atoms with van der Waals surface area (Å²) in [5, 5.41) is 11.7. The molecular formula is C13H17BrN4. The van der Waals surface area contributed by atoms with E-state index in [1.165, 1.54) is 0 Å². The van der Waals surface area contributed by atoms with Crippen molar-refractivity contribution in [1.82, 2.24) is 20.3 Å². The van der Waals surface area contributed by atoms with Crippen LogP contribution in [0.15, 0.2) is 34.9 Å². The van der Waals surface area contributed by atoms with E-state index in [9.17, 15) is 0 Å². The highest BCUT2D eigenvalue weighted by Crippen LogP contribution is 2.13. The van der Waals surface area contributed by atoms with Crippen molar-refractivity contribution in [2.24, 2.45) is 0 Å². The van der Waals surface area contributed by atoms with E-state index in [1.807, 2.05) is 30.5 Å². The first-order valence-corrected chi connectivity index (χ1v) is 6.65. The molecule has 0 amide bonds. The van der Waals surface area contributed by atoms with Crippen LogP contribution in [-0.2, 0) is 6.54 Å². The number of halogens is 1. The van der Waals surface area contributed by atoms with Gasteiger partial charge in [0.15, 0.2) is 0 Å². The van der Waals surface area contributed by atoms with Gasteiger partial charge in [0.1, 0.15) is 0 Å². The molecule has 4 nitrogen and oxygen atoms in total. The number of benzene rings is 1. The minimum Gasteiger partial charge on any atom is -0.306 e. The zero-order chi connectivity index (χ0) is 13.2. The lowest BCUT2D eigenvalue weighted by molar-refractivity contribution is 0.421. The van der Waals surface area contributed by atoms with Gasteiger partial charge in [0.2, 0.25) is 0 Å². The van der Waals surface area contributed by atoms with Crippen molar-refractivity contribution in [2.75, 3.05) is 0 Å². The van der Waals surface area contributed by atoms with Crippen molar-refractivity contribution in [3.05, 3.63) is 40.6 Å². The van der Waals surface area contributed by atoms with Crippen LogP contribution in [0.25, 0.3) is 5.69 Å². The summed E-state index contributed by atoms with van der Waals surface area (Å²) in [5.74, 6) is 0. The number of aromatic nitrogens is 3. The largest absolute Gasteiger partial charge is 0.306 e. The lowest BCUT2D eigenvalue weighted by Crippen LogP contribution is -2.35. The van der Waals surface area contributed by atoms with Crippen molar-refractivity contribution in [3.63, 3.8) is 0 Å². The van der Waals surface area contributed by atoms with Gasteiger partial charge in [-0.15, -0.1) is 5.10 Å². The van der Waals surface area contributed by atoms with Crippen LogP contribution in [0.4, 0.5) is 0 Å². The second-order valence-electron chi connectivity index (χ2n) is 5.23. The molecule has 0 unspecified atom stereocenters. The van der Waals surface area contributed by atoms with Crippen molar-refractivity contribution in [2.45, 2.75) is 32.9 Å². The Morgan fingerprint density at radius 1 is 1.22 bits per heavy atom. The van der Waals surface area contributed by atoms with E-state index in [1.54, 1.807) is 4.68 Å². The fraction of sp³-hybridized carbons (Fsp3) is 0.385. The number of rotatable bonds is 3.